The van der Waals surface area contributed by atoms with E-state index < -0.39 is 28.5 Å². The molecule has 202 valence electrons. The van der Waals surface area contributed by atoms with Gasteiger partial charge in [-0.2, -0.15) is 0 Å². The van der Waals surface area contributed by atoms with Gasteiger partial charge in [-0.25, -0.2) is 8.42 Å². The van der Waals surface area contributed by atoms with E-state index in [-0.39, 0.29) is 34.0 Å². The topological polar surface area (TPSA) is 86.8 Å². The Kier molecular flexibility index (Phi) is 9.94. The second-order valence-corrected chi connectivity index (χ2v) is 11.9. The lowest BCUT2D eigenvalue weighted by Gasteiger charge is -2.32. The summed E-state index contributed by atoms with van der Waals surface area (Å²) in [5, 5.41) is 3.06. The highest BCUT2D eigenvalue weighted by Crippen LogP contribution is 2.30. The fraction of sp³-hybridized carbons (Fsp3) is 0.310. The van der Waals surface area contributed by atoms with Crippen molar-refractivity contribution in [2.24, 2.45) is 5.92 Å². The summed E-state index contributed by atoms with van der Waals surface area (Å²) < 4.78 is 28.6. The van der Waals surface area contributed by atoms with Crippen molar-refractivity contribution in [3.63, 3.8) is 0 Å². The number of amides is 2. The summed E-state index contributed by atoms with van der Waals surface area (Å²) in [6, 6.07) is 21.3. The van der Waals surface area contributed by atoms with E-state index in [9.17, 15) is 18.0 Å². The highest BCUT2D eigenvalue weighted by Gasteiger charge is 2.33. The summed E-state index contributed by atoms with van der Waals surface area (Å²) in [6.45, 7) is 7.53. The Bertz CT molecular complexity index is 1350. The molecule has 1 unspecified atom stereocenters. The van der Waals surface area contributed by atoms with Crippen molar-refractivity contribution < 1.29 is 18.0 Å². The molecule has 3 aromatic rings. The molecule has 7 nitrogen and oxygen atoms in total. The predicted octanol–water partition coefficient (Wildman–Crippen LogP) is 5.03. The fourth-order valence-corrected chi connectivity index (χ4v) is 5.54. The molecule has 2 amide bonds. The van der Waals surface area contributed by atoms with Crippen molar-refractivity contribution in [3.8, 4) is 0 Å². The number of halogens is 1. The molecule has 3 rings (SSSR count). The summed E-state index contributed by atoms with van der Waals surface area (Å²) in [5.41, 5.74) is 1.90. The van der Waals surface area contributed by atoms with Crippen LogP contribution < -0.4 is 9.62 Å². The van der Waals surface area contributed by atoms with Crippen molar-refractivity contribution in [1.29, 1.82) is 0 Å². The van der Waals surface area contributed by atoms with Crippen LogP contribution in [0.5, 0.6) is 0 Å². The van der Waals surface area contributed by atoms with Gasteiger partial charge < -0.3 is 10.2 Å². The van der Waals surface area contributed by atoms with Crippen LogP contribution in [0, 0.1) is 12.8 Å². The molecular weight excluding hydrogens is 522 g/mol. The van der Waals surface area contributed by atoms with Gasteiger partial charge in [-0.05, 0) is 49.6 Å². The Balaban J connectivity index is 2.01. The highest BCUT2D eigenvalue weighted by molar-refractivity contribution is 7.92. The van der Waals surface area contributed by atoms with E-state index in [4.69, 9.17) is 11.6 Å². The third kappa shape index (κ3) is 7.36. The number of nitrogens with one attached hydrogen (secondary N) is 1. The zero-order chi connectivity index (χ0) is 27.9. The Morgan fingerprint density at radius 2 is 1.50 bits per heavy atom. The molecule has 0 saturated carbocycles. The van der Waals surface area contributed by atoms with Crippen LogP contribution in [-0.4, -0.2) is 44.3 Å². The average Bonchev–Trinajstić information content (AvgIpc) is 2.89. The lowest BCUT2D eigenvalue weighted by atomic mass is 10.1. The summed E-state index contributed by atoms with van der Waals surface area (Å²) in [5.74, 6) is -0.606. The fourth-order valence-electron chi connectivity index (χ4n) is 3.82. The van der Waals surface area contributed by atoms with E-state index in [2.05, 4.69) is 5.32 Å². The van der Waals surface area contributed by atoms with E-state index in [1.165, 1.54) is 17.0 Å². The summed E-state index contributed by atoms with van der Waals surface area (Å²) in [6.07, 6.45) is 0. The van der Waals surface area contributed by atoms with Gasteiger partial charge in [-0.1, -0.05) is 85.6 Å². The molecule has 38 heavy (non-hydrogen) atoms. The number of hydrogen-bond donors (Lipinski definition) is 1. The third-order valence-electron chi connectivity index (χ3n) is 6.06. The maximum atomic E-state index is 13.9. The van der Waals surface area contributed by atoms with Crippen LogP contribution in [-0.2, 0) is 26.2 Å². The molecular formula is C29H34ClN3O4S. The van der Waals surface area contributed by atoms with Crippen LogP contribution in [0.15, 0.2) is 83.8 Å². The molecule has 0 heterocycles. The van der Waals surface area contributed by atoms with Gasteiger partial charge in [-0.15, -0.1) is 0 Å². The molecule has 0 radical (unpaired) electrons. The Morgan fingerprint density at radius 1 is 0.895 bits per heavy atom. The molecule has 0 saturated heterocycles. The Hall–Kier alpha value is -3.36. The number of sulfonamides is 1. The largest absolute Gasteiger partial charge is 0.354 e. The molecule has 0 aliphatic heterocycles. The number of carbonyl (C=O) groups is 2. The number of hydrogen-bond acceptors (Lipinski definition) is 4. The van der Waals surface area contributed by atoms with Crippen LogP contribution in [0.2, 0.25) is 5.02 Å². The minimum absolute atomic E-state index is 0.0353. The third-order valence-corrected chi connectivity index (χ3v) is 8.15. The summed E-state index contributed by atoms with van der Waals surface area (Å²) in [4.78, 5) is 28.3. The van der Waals surface area contributed by atoms with Gasteiger partial charge in [0, 0.05) is 13.1 Å². The van der Waals surface area contributed by atoms with Gasteiger partial charge in [0.15, 0.2) is 0 Å². The number of benzene rings is 3. The van der Waals surface area contributed by atoms with E-state index in [1.807, 2.05) is 51.1 Å². The first kappa shape index (κ1) is 29.2. The smallest absolute Gasteiger partial charge is 0.264 e. The number of nitrogens with zero attached hydrogens (tertiary/aromatic N) is 2. The van der Waals surface area contributed by atoms with Gasteiger partial charge in [-0.3, -0.25) is 13.9 Å². The van der Waals surface area contributed by atoms with Crippen LogP contribution in [0.25, 0.3) is 0 Å². The van der Waals surface area contributed by atoms with Gasteiger partial charge in [0.2, 0.25) is 11.8 Å². The summed E-state index contributed by atoms with van der Waals surface area (Å²) >= 11 is 6.42. The highest BCUT2D eigenvalue weighted by atomic mass is 35.5. The van der Waals surface area contributed by atoms with Crippen LogP contribution >= 0.6 is 11.6 Å². The molecule has 3 aromatic carbocycles. The first-order chi connectivity index (χ1) is 18.0. The maximum absolute atomic E-state index is 13.9. The van der Waals surface area contributed by atoms with Gasteiger partial charge in [0.1, 0.15) is 12.6 Å². The molecule has 1 atom stereocenters. The number of aryl methyl sites for hydroxylation is 1. The van der Waals surface area contributed by atoms with Crippen LogP contribution in [0.4, 0.5) is 5.69 Å². The molecule has 0 bridgehead atoms. The number of carbonyl (C=O) groups excluding carboxylic acids is 2. The first-order valence-electron chi connectivity index (χ1n) is 12.5. The molecule has 0 aromatic heterocycles. The van der Waals surface area contributed by atoms with E-state index in [1.54, 1.807) is 43.3 Å². The normalized spacial score (nSPS) is 12.2. The standard InChI is InChI=1S/C29H34ClN3O4S/c1-21(2)18-31-29(35)23(4)32(19-24-10-6-5-7-11-24)28(34)20-33(27-13-9-8-12-26(27)30)38(36,37)25-16-14-22(3)15-17-25/h5-17,21,23H,18-20H2,1-4H3,(H,31,35). The van der Waals surface area contributed by atoms with Gasteiger partial charge in [0.25, 0.3) is 10.0 Å². The van der Waals surface area contributed by atoms with Gasteiger partial charge >= 0.3 is 0 Å². The zero-order valence-corrected chi connectivity index (χ0v) is 23.7. The van der Waals surface area contributed by atoms with Crippen LogP contribution in [0.1, 0.15) is 31.9 Å². The molecule has 0 aliphatic rings. The van der Waals surface area contributed by atoms with Crippen molar-refractivity contribution in [1.82, 2.24) is 10.2 Å². The van der Waals surface area contributed by atoms with Crippen LogP contribution in [0.3, 0.4) is 0 Å². The SMILES string of the molecule is Cc1ccc(S(=O)(=O)N(CC(=O)N(Cc2ccccc2)C(C)C(=O)NCC(C)C)c2ccccc2Cl)cc1. The summed E-state index contributed by atoms with van der Waals surface area (Å²) in [7, 11) is -4.16. The monoisotopic (exact) mass is 555 g/mol. The van der Waals surface area contributed by atoms with Crippen molar-refractivity contribution in [3.05, 3.63) is 95.0 Å². The van der Waals surface area contributed by atoms with Crippen molar-refractivity contribution >= 4 is 39.1 Å². The number of anilines is 1. The second-order valence-electron chi connectivity index (χ2n) is 9.60. The van der Waals surface area contributed by atoms with Gasteiger partial charge in [0.05, 0.1) is 15.6 Å². The maximum Gasteiger partial charge on any atom is 0.264 e. The Labute approximate surface area is 230 Å². The molecule has 0 spiro atoms. The number of para-hydroxylation sites is 1. The minimum Gasteiger partial charge on any atom is -0.354 e. The van der Waals surface area contributed by atoms with E-state index in [0.29, 0.717) is 6.54 Å². The predicted molar refractivity (Wildman–Crippen MR) is 151 cm³/mol. The molecule has 1 N–H and O–H groups in total. The molecule has 0 fully saturated rings. The second kappa shape index (κ2) is 12.9. The van der Waals surface area contributed by atoms with E-state index in [0.717, 1.165) is 15.4 Å². The average molecular weight is 556 g/mol. The number of rotatable bonds is 11. The quantitative estimate of drug-likeness (QED) is 0.359. The van der Waals surface area contributed by atoms with Crippen molar-refractivity contribution in [2.75, 3.05) is 17.4 Å². The molecule has 0 aliphatic carbocycles. The minimum atomic E-state index is -4.16. The lowest BCUT2D eigenvalue weighted by molar-refractivity contribution is -0.139. The van der Waals surface area contributed by atoms with E-state index >= 15 is 0 Å². The Morgan fingerprint density at radius 3 is 2.11 bits per heavy atom. The van der Waals surface area contributed by atoms with Crippen molar-refractivity contribution in [2.45, 2.75) is 45.2 Å². The zero-order valence-electron chi connectivity index (χ0n) is 22.1. The molecule has 9 heteroatoms. The lowest BCUT2D eigenvalue weighted by Crippen LogP contribution is -2.51. The first-order valence-corrected chi connectivity index (χ1v) is 14.3.